The van der Waals surface area contributed by atoms with Gasteiger partial charge in [0.05, 0.1) is 30.7 Å². The third-order valence-electron chi connectivity index (χ3n) is 4.44. The first-order valence-corrected chi connectivity index (χ1v) is 8.46. The Bertz CT molecular complexity index is 896. The number of nitro groups is 1. The number of carbonyl (C=O) groups is 2. The maximum Gasteiger partial charge on any atom is 0.335 e. The zero-order chi connectivity index (χ0) is 20.3. The molecule has 0 radical (unpaired) electrons. The van der Waals surface area contributed by atoms with Gasteiger partial charge in [0.1, 0.15) is 11.9 Å². The van der Waals surface area contributed by atoms with Gasteiger partial charge in [-0.3, -0.25) is 14.9 Å². The number of hydrogen-bond donors (Lipinski definition) is 1. The van der Waals surface area contributed by atoms with Crippen molar-refractivity contribution in [2.75, 3.05) is 26.8 Å². The van der Waals surface area contributed by atoms with Gasteiger partial charge in [0.25, 0.3) is 11.6 Å². The van der Waals surface area contributed by atoms with Crippen molar-refractivity contribution in [3.63, 3.8) is 0 Å². The van der Waals surface area contributed by atoms with Gasteiger partial charge in [-0.15, -0.1) is 0 Å². The predicted molar refractivity (Wildman–Crippen MR) is 97.6 cm³/mol. The summed E-state index contributed by atoms with van der Waals surface area (Å²) in [5, 5.41) is 20.2. The number of non-ortho nitro benzene ring substituents is 1. The van der Waals surface area contributed by atoms with E-state index in [4.69, 9.17) is 14.6 Å². The summed E-state index contributed by atoms with van der Waals surface area (Å²) in [6, 6.07) is 10.4. The Morgan fingerprint density at radius 3 is 2.68 bits per heavy atom. The van der Waals surface area contributed by atoms with Crippen molar-refractivity contribution in [2.24, 2.45) is 0 Å². The Balaban J connectivity index is 1.85. The van der Waals surface area contributed by atoms with E-state index in [0.29, 0.717) is 12.3 Å². The molecule has 0 aromatic heterocycles. The number of amides is 1. The summed E-state index contributed by atoms with van der Waals surface area (Å²) in [7, 11) is 1.55. The molecule has 1 amide bonds. The van der Waals surface area contributed by atoms with Crippen molar-refractivity contribution in [3.05, 3.63) is 69.3 Å². The maximum atomic E-state index is 12.9. The number of ether oxygens (including phenoxy) is 2. The number of rotatable bonds is 5. The lowest BCUT2D eigenvalue weighted by molar-refractivity contribution is -0.384. The molecular weight excluding hydrogens is 368 g/mol. The molecule has 0 spiro atoms. The standard InChI is InChI=1S/C19H18N2O7/c1-27-16-4-2-3-12(10-16)17-11-20(5-6-28-17)18(22)13-7-14(19(23)24)9-15(8-13)21(25)26/h2-4,7-10,17H,5-6,11H2,1H3,(H,23,24). The molecule has 1 heterocycles. The van der Waals surface area contributed by atoms with E-state index >= 15 is 0 Å². The summed E-state index contributed by atoms with van der Waals surface area (Å²) in [6.45, 7) is 0.815. The maximum absolute atomic E-state index is 12.9. The van der Waals surface area contributed by atoms with Gasteiger partial charge in [-0.05, 0) is 23.8 Å². The summed E-state index contributed by atoms with van der Waals surface area (Å²) in [6.07, 6.45) is -0.384. The van der Waals surface area contributed by atoms with Gasteiger partial charge < -0.3 is 19.5 Å². The van der Waals surface area contributed by atoms with Crippen LogP contribution in [0.25, 0.3) is 0 Å². The van der Waals surface area contributed by atoms with E-state index in [0.717, 1.165) is 23.8 Å². The summed E-state index contributed by atoms with van der Waals surface area (Å²) in [5.74, 6) is -1.16. The molecule has 0 saturated carbocycles. The normalized spacial score (nSPS) is 16.5. The molecule has 0 bridgehead atoms. The van der Waals surface area contributed by atoms with Gasteiger partial charge >= 0.3 is 5.97 Å². The molecule has 9 heteroatoms. The minimum Gasteiger partial charge on any atom is -0.497 e. The van der Waals surface area contributed by atoms with E-state index in [9.17, 15) is 19.7 Å². The first kappa shape index (κ1) is 19.3. The number of morpholine rings is 1. The van der Waals surface area contributed by atoms with E-state index in [1.165, 1.54) is 4.90 Å². The molecule has 1 atom stereocenters. The van der Waals surface area contributed by atoms with Crippen LogP contribution in [0.2, 0.25) is 0 Å². The number of nitro benzene ring substituents is 1. The van der Waals surface area contributed by atoms with Crippen LogP contribution in [0, 0.1) is 10.1 Å². The number of carboxylic acids is 1. The Morgan fingerprint density at radius 2 is 2.00 bits per heavy atom. The molecule has 1 saturated heterocycles. The number of hydrogen-bond acceptors (Lipinski definition) is 6. The number of aromatic carboxylic acids is 1. The third-order valence-corrected chi connectivity index (χ3v) is 4.44. The number of benzene rings is 2. The Kier molecular flexibility index (Phi) is 5.55. The quantitative estimate of drug-likeness (QED) is 0.619. The van der Waals surface area contributed by atoms with Crippen molar-refractivity contribution in [1.29, 1.82) is 0 Å². The van der Waals surface area contributed by atoms with Crippen LogP contribution < -0.4 is 4.74 Å². The highest BCUT2D eigenvalue weighted by Gasteiger charge is 2.28. The molecule has 2 aromatic rings. The Morgan fingerprint density at radius 1 is 1.25 bits per heavy atom. The van der Waals surface area contributed by atoms with Crippen molar-refractivity contribution < 1.29 is 29.1 Å². The number of nitrogens with zero attached hydrogens (tertiary/aromatic N) is 2. The second-order valence-corrected chi connectivity index (χ2v) is 6.22. The van der Waals surface area contributed by atoms with Gasteiger partial charge in [0.2, 0.25) is 0 Å². The van der Waals surface area contributed by atoms with E-state index in [1.54, 1.807) is 13.2 Å². The number of methoxy groups -OCH3 is 1. The first-order chi connectivity index (χ1) is 13.4. The fourth-order valence-electron chi connectivity index (χ4n) is 3.02. The molecule has 1 aliphatic rings. The summed E-state index contributed by atoms with van der Waals surface area (Å²) < 4.78 is 11.0. The van der Waals surface area contributed by atoms with Crippen LogP contribution >= 0.6 is 0 Å². The largest absolute Gasteiger partial charge is 0.497 e. The summed E-state index contributed by atoms with van der Waals surface area (Å²) in [5.41, 5.74) is 0.0380. The molecular formula is C19H18N2O7. The van der Waals surface area contributed by atoms with Gasteiger partial charge in [0, 0.05) is 24.2 Å². The molecule has 3 rings (SSSR count). The smallest absolute Gasteiger partial charge is 0.335 e. The second kappa shape index (κ2) is 8.05. The zero-order valence-corrected chi connectivity index (χ0v) is 15.0. The van der Waals surface area contributed by atoms with Gasteiger partial charge in [0.15, 0.2) is 0 Å². The van der Waals surface area contributed by atoms with Crippen molar-refractivity contribution in [2.45, 2.75) is 6.10 Å². The topological polar surface area (TPSA) is 119 Å². The Hall–Kier alpha value is -3.46. The van der Waals surface area contributed by atoms with E-state index in [2.05, 4.69) is 0 Å². The zero-order valence-electron chi connectivity index (χ0n) is 15.0. The van der Waals surface area contributed by atoms with Gasteiger partial charge in [-0.25, -0.2) is 4.79 Å². The minimum atomic E-state index is -1.34. The summed E-state index contributed by atoms with van der Waals surface area (Å²) in [4.78, 5) is 36.0. The molecule has 1 aliphatic heterocycles. The van der Waals surface area contributed by atoms with E-state index in [1.807, 2.05) is 18.2 Å². The SMILES string of the molecule is COc1cccc(C2CN(C(=O)c3cc(C(=O)O)cc([N+](=O)[O-])c3)CCO2)c1. The summed E-state index contributed by atoms with van der Waals surface area (Å²) >= 11 is 0. The van der Waals surface area contributed by atoms with Crippen LogP contribution in [-0.4, -0.2) is 53.6 Å². The lowest BCUT2D eigenvalue weighted by Gasteiger charge is -2.33. The molecule has 1 N–H and O–H groups in total. The van der Waals surface area contributed by atoms with Crippen molar-refractivity contribution in [3.8, 4) is 5.75 Å². The van der Waals surface area contributed by atoms with Crippen LogP contribution in [-0.2, 0) is 4.74 Å². The highest BCUT2D eigenvalue weighted by atomic mass is 16.6. The molecule has 0 aliphatic carbocycles. The molecule has 1 unspecified atom stereocenters. The number of carbonyl (C=O) groups excluding carboxylic acids is 1. The molecule has 28 heavy (non-hydrogen) atoms. The van der Waals surface area contributed by atoms with E-state index in [-0.39, 0.29) is 30.4 Å². The van der Waals surface area contributed by atoms with Crippen LogP contribution in [0.5, 0.6) is 5.75 Å². The molecule has 9 nitrogen and oxygen atoms in total. The monoisotopic (exact) mass is 386 g/mol. The van der Waals surface area contributed by atoms with Gasteiger partial charge in [-0.1, -0.05) is 12.1 Å². The molecule has 2 aromatic carbocycles. The lowest BCUT2D eigenvalue weighted by Crippen LogP contribution is -2.42. The van der Waals surface area contributed by atoms with Crippen LogP contribution in [0.3, 0.4) is 0 Å². The fourth-order valence-corrected chi connectivity index (χ4v) is 3.02. The highest BCUT2D eigenvalue weighted by Crippen LogP contribution is 2.27. The lowest BCUT2D eigenvalue weighted by atomic mass is 10.0. The predicted octanol–water partition coefficient (Wildman–Crippen LogP) is 2.52. The van der Waals surface area contributed by atoms with Crippen molar-refractivity contribution >= 4 is 17.6 Å². The van der Waals surface area contributed by atoms with Crippen LogP contribution in [0.4, 0.5) is 5.69 Å². The molecule has 1 fully saturated rings. The van der Waals surface area contributed by atoms with E-state index < -0.39 is 22.5 Å². The molecule has 146 valence electrons. The average molecular weight is 386 g/mol. The average Bonchev–Trinajstić information content (AvgIpc) is 2.72. The highest BCUT2D eigenvalue weighted by molar-refractivity contribution is 5.98. The fraction of sp³-hybridized carbons (Fsp3) is 0.263. The van der Waals surface area contributed by atoms with Gasteiger partial charge in [-0.2, -0.15) is 0 Å². The number of carboxylic acid groups (broad SMARTS) is 1. The van der Waals surface area contributed by atoms with Crippen LogP contribution in [0.15, 0.2) is 42.5 Å². The minimum absolute atomic E-state index is 0.0436. The van der Waals surface area contributed by atoms with Crippen molar-refractivity contribution in [1.82, 2.24) is 4.90 Å². The Labute approximate surface area is 160 Å². The second-order valence-electron chi connectivity index (χ2n) is 6.22. The van der Waals surface area contributed by atoms with Crippen LogP contribution in [0.1, 0.15) is 32.4 Å². The first-order valence-electron chi connectivity index (χ1n) is 8.46. The third kappa shape index (κ3) is 4.09.